The molecule has 0 saturated heterocycles. The van der Waals surface area contributed by atoms with Gasteiger partial charge in [0.25, 0.3) is 0 Å². The fourth-order valence-corrected chi connectivity index (χ4v) is 1.57. The number of aromatic nitrogens is 2. The van der Waals surface area contributed by atoms with Gasteiger partial charge in [-0.1, -0.05) is 20.8 Å². The maximum atomic E-state index is 4.35. The highest BCUT2D eigenvalue weighted by Crippen LogP contribution is 2.21. The normalized spacial score (nSPS) is 12.6. The van der Waals surface area contributed by atoms with E-state index < -0.39 is 0 Å². The Morgan fingerprint density at radius 1 is 1.12 bits per heavy atom. The van der Waals surface area contributed by atoms with Gasteiger partial charge >= 0.3 is 0 Å². The van der Waals surface area contributed by atoms with Crippen molar-refractivity contribution >= 4 is 11.6 Å². The maximum Gasteiger partial charge on any atom is 0.134 e. The largest absolute Gasteiger partial charge is 0.370 e. The van der Waals surface area contributed by atoms with Crippen LogP contribution in [-0.2, 0) is 6.42 Å². The lowest BCUT2D eigenvalue weighted by molar-refractivity contribution is 0.557. The first-order chi connectivity index (χ1) is 8.10. The van der Waals surface area contributed by atoms with Crippen molar-refractivity contribution in [3.63, 3.8) is 0 Å². The van der Waals surface area contributed by atoms with E-state index in [0.29, 0.717) is 12.0 Å². The van der Waals surface area contributed by atoms with Crippen LogP contribution in [0.15, 0.2) is 6.33 Å². The van der Waals surface area contributed by atoms with Crippen LogP contribution < -0.4 is 10.6 Å². The fourth-order valence-electron chi connectivity index (χ4n) is 1.57. The van der Waals surface area contributed by atoms with Gasteiger partial charge in [0.1, 0.15) is 18.0 Å². The van der Waals surface area contributed by atoms with E-state index >= 15 is 0 Å². The van der Waals surface area contributed by atoms with Crippen LogP contribution in [0.1, 0.15) is 40.2 Å². The van der Waals surface area contributed by atoms with Crippen LogP contribution >= 0.6 is 0 Å². The number of nitrogens with one attached hydrogen (secondary N) is 2. The van der Waals surface area contributed by atoms with Gasteiger partial charge in [-0.25, -0.2) is 9.97 Å². The zero-order valence-electron chi connectivity index (χ0n) is 11.5. The maximum absolute atomic E-state index is 4.35. The highest BCUT2D eigenvalue weighted by Gasteiger charge is 2.13. The smallest absolute Gasteiger partial charge is 0.134 e. The summed E-state index contributed by atoms with van der Waals surface area (Å²) in [6.45, 7) is 11.7. The van der Waals surface area contributed by atoms with Crippen molar-refractivity contribution in [1.82, 2.24) is 9.97 Å². The predicted octanol–water partition coefficient (Wildman–Crippen LogP) is 2.93. The zero-order chi connectivity index (χ0) is 12.8. The van der Waals surface area contributed by atoms with Crippen molar-refractivity contribution in [2.75, 3.05) is 17.2 Å². The van der Waals surface area contributed by atoms with Crippen LogP contribution in [0, 0.1) is 5.92 Å². The Hall–Kier alpha value is -1.32. The van der Waals surface area contributed by atoms with Gasteiger partial charge in [0.15, 0.2) is 0 Å². The molecule has 1 heterocycles. The molecular formula is C13H24N4. The Kier molecular flexibility index (Phi) is 5.19. The Labute approximate surface area is 104 Å². The molecule has 0 aliphatic heterocycles. The molecule has 1 rings (SSSR count). The minimum Gasteiger partial charge on any atom is -0.370 e. The third kappa shape index (κ3) is 3.58. The number of anilines is 2. The summed E-state index contributed by atoms with van der Waals surface area (Å²) in [4.78, 5) is 8.64. The molecule has 96 valence electrons. The molecule has 0 spiro atoms. The molecule has 0 aromatic carbocycles. The van der Waals surface area contributed by atoms with E-state index in [1.54, 1.807) is 6.33 Å². The average molecular weight is 236 g/mol. The lowest BCUT2D eigenvalue weighted by Gasteiger charge is -2.20. The Morgan fingerprint density at radius 2 is 1.76 bits per heavy atom. The summed E-state index contributed by atoms with van der Waals surface area (Å²) < 4.78 is 0. The molecule has 1 unspecified atom stereocenters. The third-order valence-corrected chi connectivity index (χ3v) is 3.01. The molecule has 1 aromatic rings. The summed E-state index contributed by atoms with van der Waals surface area (Å²) >= 11 is 0. The molecule has 1 atom stereocenters. The molecule has 0 amide bonds. The first-order valence-electron chi connectivity index (χ1n) is 6.44. The van der Waals surface area contributed by atoms with E-state index in [1.165, 1.54) is 5.56 Å². The van der Waals surface area contributed by atoms with Crippen LogP contribution in [-0.4, -0.2) is 22.6 Å². The molecular weight excluding hydrogens is 212 g/mol. The van der Waals surface area contributed by atoms with Crippen molar-refractivity contribution < 1.29 is 0 Å². The molecule has 17 heavy (non-hydrogen) atoms. The Bertz CT molecular complexity index is 349. The lowest BCUT2D eigenvalue weighted by atomic mass is 10.1. The van der Waals surface area contributed by atoms with Crippen molar-refractivity contribution in [2.24, 2.45) is 5.92 Å². The van der Waals surface area contributed by atoms with Gasteiger partial charge in [0, 0.05) is 18.2 Å². The second kappa shape index (κ2) is 6.42. The summed E-state index contributed by atoms with van der Waals surface area (Å²) in [5, 5.41) is 6.75. The third-order valence-electron chi connectivity index (χ3n) is 3.01. The number of nitrogens with zero attached hydrogens (tertiary/aromatic N) is 2. The molecule has 4 nitrogen and oxygen atoms in total. The van der Waals surface area contributed by atoms with Crippen LogP contribution in [0.3, 0.4) is 0 Å². The highest BCUT2D eigenvalue weighted by molar-refractivity contribution is 5.57. The van der Waals surface area contributed by atoms with Crippen LogP contribution in [0.5, 0.6) is 0 Å². The number of hydrogen-bond acceptors (Lipinski definition) is 4. The van der Waals surface area contributed by atoms with E-state index in [-0.39, 0.29) is 0 Å². The van der Waals surface area contributed by atoms with Crippen molar-refractivity contribution in [3.8, 4) is 0 Å². The molecule has 2 N–H and O–H groups in total. The van der Waals surface area contributed by atoms with E-state index in [0.717, 1.165) is 24.6 Å². The molecule has 0 fully saturated rings. The first-order valence-corrected chi connectivity index (χ1v) is 6.44. The minimum atomic E-state index is 0.407. The summed E-state index contributed by atoms with van der Waals surface area (Å²) in [5.74, 6) is 2.49. The molecule has 0 saturated carbocycles. The Balaban J connectivity index is 2.94. The quantitative estimate of drug-likeness (QED) is 0.797. The van der Waals surface area contributed by atoms with Crippen LogP contribution in [0.2, 0.25) is 0 Å². The van der Waals surface area contributed by atoms with E-state index in [1.807, 2.05) is 0 Å². The van der Waals surface area contributed by atoms with Gasteiger partial charge in [-0.3, -0.25) is 0 Å². The van der Waals surface area contributed by atoms with Crippen molar-refractivity contribution in [2.45, 2.75) is 47.1 Å². The Morgan fingerprint density at radius 3 is 2.29 bits per heavy atom. The monoisotopic (exact) mass is 236 g/mol. The van der Waals surface area contributed by atoms with Gasteiger partial charge in [-0.05, 0) is 26.2 Å². The fraction of sp³-hybridized carbons (Fsp3) is 0.692. The van der Waals surface area contributed by atoms with Crippen molar-refractivity contribution in [3.05, 3.63) is 11.9 Å². The topological polar surface area (TPSA) is 49.8 Å². The van der Waals surface area contributed by atoms with E-state index in [2.05, 4.69) is 55.2 Å². The molecule has 0 aliphatic carbocycles. The summed E-state index contributed by atoms with van der Waals surface area (Å²) in [6.07, 6.45) is 2.54. The predicted molar refractivity (Wildman–Crippen MR) is 73.5 cm³/mol. The summed E-state index contributed by atoms with van der Waals surface area (Å²) in [5.41, 5.74) is 1.17. The molecule has 1 aromatic heterocycles. The number of hydrogen-bond donors (Lipinski definition) is 2. The highest BCUT2D eigenvalue weighted by atomic mass is 15.1. The summed E-state index contributed by atoms with van der Waals surface area (Å²) in [7, 11) is 0. The molecule has 0 radical (unpaired) electrons. The van der Waals surface area contributed by atoms with Gasteiger partial charge < -0.3 is 10.6 Å². The minimum absolute atomic E-state index is 0.407. The molecule has 4 heteroatoms. The second-order valence-electron chi connectivity index (χ2n) is 4.61. The standard InChI is InChI=1S/C13H24N4/c1-6-11-12(14-7-2)15-8-16-13(11)17-10(5)9(3)4/h8-10H,6-7H2,1-5H3,(H2,14,15,16,17). The average Bonchev–Trinajstić information content (AvgIpc) is 2.29. The summed E-state index contributed by atoms with van der Waals surface area (Å²) in [6, 6.07) is 0.407. The second-order valence-corrected chi connectivity index (χ2v) is 4.61. The molecule has 0 aliphatic rings. The van der Waals surface area contributed by atoms with Crippen LogP contribution in [0.25, 0.3) is 0 Å². The zero-order valence-corrected chi connectivity index (χ0v) is 11.5. The SMILES string of the molecule is CCNc1ncnc(NC(C)C(C)C)c1CC. The first kappa shape index (κ1) is 13.7. The van der Waals surface area contributed by atoms with Gasteiger partial charge in [-0.2, -0.15) is 0 Å². The number of rotatable bonds is 6. The van der Waals surface area contributed by atoms with Crippen LogP contribution in [0.4, 0.5) is 11.6 Å². The van der Waals surface area contributed by atoms with Gasteiger partial charge in [0.05, 0.1) is 0 Å². The van der Waals surface area contributed by atoms with E-state index in [9.17, 15) is 0 Å². The lowest BCUT2D eigenvalue weighted by Crippen LogP contribution is -2.23. The van der Waals surface area contributed by atoms with Crippen molar-refractivity contribution in [1.29, 1.82) is 0 Å². The molecule has 0 bridgehead atoms. The van der Waals surface area contributed by atoms with Gasteiger partial charge in [0.2, 0.25) is 0 Å². The van der Waals surface area contributed by atoms with Gasteiger partial charge in [-0.15, -0.1) is 0 Å². The van der Waals surface area contributed by atoms with E-state index in [4.69, 9.17) is 0 Å².